The van der Waals surface area contributed by atoms with Gasteiger partial charge in [0.1, 0.15) is 11.6 Å². The first-order chi connectivity index (χ1) is 9.28. The molecule has 3 N–H and O–H groups in total. The van der Waals surface area contributed by atoms with Gasteiger partial charge in [-0.2, -0.15) is 0 Å². The quantitative estimate of drug-likeness (QED) is 0.827. The number of benzene rings is 1. The molecule has 2 rings (SSSR count). The van der Waals surface area contributed by atoms with Crippen molar-refractivity contribution in [2.45, 2.75) is 6.10 Å². The van der Waals surface area contributed by atoms with E-state index in [4.69, 9.17) is 15.2 Å². The Bertz CT molecular complexity index is 541. The second-order valence-corrected chi connectivity index (χ2v) is 4.20. The second kappa shape index (κ2) is 6.36. The summed E-state index contributed by atoms with van der Waals surface area (Å²) in [5.74, 6) is 1.56. The van der Waals surface area contributed by atoms with Gasteiger partial charge in [0, 0.05) is 31.7 Å². The molecular formula is C14H19N3O2. The number of fused-ring (bicyclic) bond motifs is 1. The van der Waals surface area contributed by atoms with Gasteiger partial charge >= 0.3 is 0 Å². The van der Waals surface area contributed by atoms with E-state index in [2.05, 4.69) is 10.3 Å². The molecule has 1 atom stereocenters. The molecule has 19 heavy (non-hydrogen) atoms. The first-order valence-electron chi connectivity index (χ1n) is 6.19. The van der Waals surface area contributed by atoms with E-state index in [0.29, 0.717) is 13.1 Å². The summed E-state index contributed by atoms with van der Waals surface area (Å²) < 4.78 is 10.6. The second-order valence-electron chi connectivity index (χ2n) is 4.20. The van der Waals surface area contributed by atoms with Crippen LogP contribution in [0.5, 0.6) is 5.75 Å². The van der Waals surface area contributed by atoms with Gasteiger partial charge in [-0.1, -0.05) is 12.1 Å². The Labute approximate surface area is 112 Å². The third kappa shape index (κ3) is 3.13. The van der Waals surface area contributed by atoms with Crippen LogP contribution >= 0.6 is 0 Å². The largest absolute Gasteiger partial charge is 0.496 e. The number of pyridine rings is 1. The maximum atomic E-state index is 5.58. The van der Waals surface area contributed by atoms with Gasteiger partial charge in [-0.05, 0) is 12.1 Å². The van der Waals surface area contributed by atoms with Gasteiger partial charge < -0.3 is 20.5 Å². The van der Waals surface area contributed by atoms with Crippen LogP contribution in [0.2, 0.25) is 0 Å². The number of ether oxygens (including phenoxy) is 2. The minimum Gasteiger partial charge on any atom is -0.496 e. The molecule has 0 aliphatic heterocycles. The van der Waals surface area contributed by atoms with Crippen LogP contribution in [0.4, 0.5) is 5.82 Å². The van der Waals surface area contributed by atoms with E-state index >= 15 is 0 Å². The van der Waals surface area contributed by atoms with Crippen LogP contribution < -0.4 is 15.8 Å². The Hall–Kier alpha value is -1.85. The lowest BCUT2D eigenvalue weighted by Crippen LogP contribution is -2.30. The normalized spacial score (nSPS) is 12.4. The number of para-hydroxylation sites is 1. The van der Waals surface area contributed by atoms with E-state index in [1.165, 1.54) is 0 Å². The average molecular weight is 261 g/mol. The summed E-state index contributed by atoms with van der Waals surface area (Å²) in [5.41, 5.74) is 6.48. The highest BCUT2D eigenvalue weighted by atomic mass is 16.5. The Morgan fingerprint density at radius 3 is 2.79 bits per heavy atom. The molecule has 0 saturated carbocycles. The lowest BCUT2D eigenvalue weighted by atomic mass is 10.2. The van der Waals surface area contributed by atoms with Gasteiger partial charge in [-0.15, -0.1) is 0 Å². The molecule has 0 saturated heterocycles. The molecule has 102 valence electrons. The molecule has 0 bridgehead atoms. The highest BCUT2D eigenvalue weighted by molar-refractivity contribution is 5.86. The summed E-state index contributed by atoms with van der Waals surface area (Å²) in [6, 6.07) is 9.75. The van der Waals surface area contributed by atoms with Crippen molar-refractivity contribution < 1.29 is 9.47 Å². The first kappa shape index (κ1) is 13.6. The van der Waals surface area contributed by atoms with Crippen molar-refractivity contribution in [3.63, 3.8) is 0 Å². The van der Waals surface area contributed by atoms with Crippen molar-refractivity contribution in [2.24, 2.45) is 5.73 Å². The molecule has 5 heteroatoms. The molecular weight excluding hydrogens is 242 g/mol. The molecule has 0 radical (unpaired) electrons. The summed E-state index contributed by atoms with van der Waals surface area (Å²) in [6.07, 6.45) is -0.0285. The van der Waals surface area contributed by atoms with Crippen LogP contribution in [0.3, 0.4) is 0 Å². The van der Waals surface area contributed by atoms with Crippen LogP contribution in [0, 0.1) is 0 Å². The van der Waals surface area contributed by atoms with Crippen molar-refractivity contribution in [1.82, 2.24) is 4.98 Å². The van der Waals surface area contributed by atoms with Crippen LogP contribution in [-0.4, -0.2) is 38.4 Å². The van der Waals surface area contributed by atoms with Crippen molar-refractivity contribution >= 4 is 16.7 Å². The minimum atomic E-state index is -0.0285. The monoisotopic (exact) mass is 261 g/mol. The molecule has 0 fully saturated rings. The Kier molecular flexibility index (Phi) is 4.54. The zero-order valence-electron chi connectivity index (χ0n) is 11.2. The molecule has 5 nitrogen and oxygen atoms in total. The Morgan fingerprint density at radius 2 is 2.11 bits per heavy atom. The van der Waals surface area contributed by atoms with E-state index in [9.17, 15) is 0 Å². The lowest BCUT2D eigenvalue weighted by molar-refractivity contribution is 0.120. The molecule has 1 aromatic carbocycles. The zero-order chi connectivity index (χ0) is 13.7. The van der Waals surface area contributed by atoms with Crippen LogP contribution in [0.25, 0.3) is 10.9 Å². The number of anilines is 1. The Balaban J connectivity index is 2.24. The van der Waals surface area contributed by atoms with E-state index in [0.717, 1.165) is 22.5 Å². The smallest absolute Gasteiger partial charge is 0.131 e. The minimum absolute atomic E-state index is 0.0285. The van der Waals surface area contributed by atoms with Gasteiger partial charge in [0.05, 0.1) is 18.7 Å². The zero-order valence-corrected chi connectivity index (χ0v) is 11.2. The molecule has 0 aliphatic carbocycles. The molecule has 1 aromatic heterocycles. The highest BCUT2D eigenvalue weighted by Gasteiger charge is 2.08. The predicted molar refractivity (Wildman–Crippen MR) is 76.6 cm³/mol. The van der Waals surface area contributed by atoms with Crippen LogP contribution in [0.1, 0.15) is 0 Å². The maximum absolute atomic E-state index is 5.58. The number of nitrogens with one attached hydrogen (secondary N) is 1. The van der Waals surface area contributed by atoms with Gasteiger partial charge in [-0.3, -0.25) is 0 Å². The first-order valence-corrected chi connectivity index (χ1v) is 6.19. The van der Waals surface area contributed by atoms with E-state index in [1.54, 1.807) is 14.2 Å². The van der Waals surface area contributed by atoms with E-state index in [1.807, 2.05) is 30.3 Å². The van der Waals surface area contributed by atoms with E-state index < -0.39 is 0 Å². The number of nitrogens with zero attached hydrogens (tertiary/aromatic N) is 1. The fourth-order valence-corrected chi connectivity index (χ4v) is 1.88. The van der Waals surface area contributed by atoms with Gasteiger partial charge in [0.15, 0.2) is 0 Å². The maximum Gasteiger partial charge on any atom is 0.131 e. The van der Waals surface area contributed by atoms with Crippen molar-refractivity contribution in [1.29, 1.82) is 0 Å². The van der Waals surface area contributed by atoms with Gasteiger partial charge in [-0.25, -0.2) is 4.98 Å². The third-order valence-electron chi connectivity index (χ3n) is 3.01. The summed E-state index contributed by atoms with van der Waals surface area (Å²) in [4.78, 5) is 4.54. The number of rotatable bonds is 6. The summed E-state index contributed by atoms with van der Waals surface area (Å²) in [5, 5.41) is 4.22. The molecule has 0 aliphatic rings. The number of methoxy groups -OCH3 is 2. The average Bonchev–Trinajstić information content (AvgIpc) is 2.47. The standard InChI is InChI=1S/C14H19N3O2/c1-18-10(8-15)9-16-14-7-13(19-2)11-5-3-4-6-12(11)17-14/h3-7,10H,8-9,15H2,1-2H3,(H,16,17). The Morgan fingerprint density at radius 1 is 1.32 bits per heavy atom. The fourth-order valence-electron chi connectivity index (χ4n) is 1.88. The topological polar surface area (TPSA) is 69.4 Å². The molecule has 2 aromatic rings. The summed E-state index contributed by atoms with van der Waals surface area (Å²) in [7, 11) is 3.30. The van der Waals surface area contributed by atoms with Gasteiger partial charge in [0.25, 0.3) is 0 Å². The fraction of sp³-hybridized carbons (Fsp3) is 0.357. The van der Waals surface area contributed by atoms with Gasteiger partial charge in [0.2, 0.25) is 0 Å². The molecule has 0 spiro atoms. The SMILES string of the molecule is COc1cc(NCC(CN)OC)nc2ccccc12. The highest BCUT2D eigenvalue weighted by Crippen LogP contribution is 2.26. The number of hydrogen-bond donors (Lipinski definition) is 2. The van der Waals surface area contributed by atoms with E-state index in [-0.39, 0.29) is 6.10 Å². The lowest BCUT2D eigenvalue weighted by Gasteiger charge is -2.15. The van der Waals surface area contributed by atoms with Crippen molar-refractivity contribution in [2.75, 3.05) is 32.6 Å². The number of aromatic nitrogens is 1. The number of nitrogens with two attached hydrogens (primary N) is 1. The number of hydrogen-bond acceptors (Lipinski definition) is 5. The molecule has 1 unspecified atom stereocenters. The molecule has 1 heterocycles. The third-order valence-corrected chi connectivity index (χ3v) is 3.01. The predicted octanol–water partition coefficient (Wildman–Crippen LogP) is 1.63. The molecule has 0 amide bonds. The van der Waals surface area contributed by atoms with Crippen LogP contribution in [-0.2, 0) is 4.74 Å². The summed E-state index contributed by atoms with van der Waals surface area (Å²) >= 11 is 0. The summed E-state index contributed by atoms with van der Waals surface area (Å²) in [6.45, 7) is 1.08. The van der Waals surface area contributed by atoms with Crippen molar-refractivity contribution in [3.8, 4) is 5.75 Å². The van der Waals surface area contributed by atoms with Crippen LogP contribution in [0.15, 0.2) is 30.3 Å². The van der Waals surface area contributed by atoms with Crippen molar-refractivity contribution in [3.05, 3.63) is 30.3 Å².